The van der Waals surface area contributed by atoms with Gasteiger partial charge in [-0.3, -0.25) is 14.4 Å². The molecular weight excluding hydrogens is 346 g/mol. The van der Waals surface area contributed by atoms with Crippen LogP contribution in [-0.4, -0.2) is 52.8 Å². The second kappa shape index (κ2) is 7.55. The summed E-state index contributed by atoms with van der Waals surface area (Å²) in [6, 6.07) is 5.96. The number of nitrogens with zero attached hydrogens (tertiary/aromatic N) is 5. The van der Waals surface area contributed by atoms with E-state index in [1.807, 2.05) is 27.2 Å². The van der Waals surface area contributed by atoms with Crippen molar-refractivity contribution >= 4 is 32.6 Å². The average Bonchev–Trinajstić information content (AvgIpc) is 3.25. The maximum atomic E-state index is 13.1. The topological polar surface area (TPSA) is 54.3 Å². The van der Waals surface area contributed by atoms with Gasteiger partial charge in [0.15, 0.2) is 10.8 Å². The van der Waals surface area contributed by atoms with Gasteiger partial charge < -0.3 is 4.90 Å². The summed E-state index contributed by atoms with van der Waals surface area (Å²) in [4.78, 5) is 21.7. The second-order valence-electron chi connectivity index (χ2n) is 6.69. The highest BCUT2D eigenvalue weighted by Gasteiger charge is 2.24. The summed E-state index contributed by atoms with van der Waals surface area (Å²) in [7, 11) is 4.00. The minimum absolute atomic E-state index is 0.103. The Morgan fingerprint density at radius 3 is 2.50 bits per heavy atom. The van der Waals surface area contributed by atoms with Crippen LogP contribution in [0.1, 0.15) is 28.5 Å². The summed E-state index contributed by atoms with van der Waals surface area (Å²) in [5, 5.41) is 5.11. The summed E-state index contributed by atoms with van der Waals surface area (Å²) in [6.45, 7) is 8.21. The number of likely N-dealkylation sites (N-methyl/N-ethyl adjacent to an activating group) is 1. The summed E-state index contributed by atoms with van der Waals surface area (Å²) in [6.07, 6.45) is 1.84. The molecule has 3 rings (SSSR count). The standard InChI is InChI=1S/C19H25N5OS/c1-6-23-10-9-15(21-23)18(25)24(12-11-22(4)5)19-20-16-13(2)7-8-14(3)17(16)26-19/h7-10H,6,11-12H2,1-5H3. The number of thiazole rings is 1. The van der Waals surface area contributed by atoms with E-state index >= 15 is 0 Å². The molecule has 2 aromatic heterocycles. The van der Waals surface area contributed by atoms with Crippen LogP contribution in [0.15, 0.2) is 24.4 Å². The molecule has 0 bridgehead atoms. The van der Waals surface area contributed by atoms with Crippen LogP contribution in [0, 0.1) is 13.8 Å². The van der Waals surface area contributed by atoms with Gasteiger partial charge in [-0.15, -0.1) is 0 Å². The van der Waals surface area contributed by atoms with Gasteiger partial charge in [-0.2, -0.15) is 5.10 Å². The average molecular weight is 372 g/mol. The summed E-state index contributed by atoms with van der Waals surface area (Å²) < 4.78 is 2.91. The Morgan fingerprint density at radius 2 is 1.88 bits per heavy atom. The number of carbonyl (C=O) groups is 1. The Morgan fingerprint density at radius 1 is 1.15 bits per heavy atom. The molecule has 0 aliphatic heterocycles. The van der Waals surface area contributed by atoms with E-state index in [-0.39, 0.29) is 5.91 Å². The second-order valence-corrected chi connectivity index (χ2v) is 7.67. The molecule has 0 aliphatic carbocycles. The van der Waals surface area contributed by atoms with Gasteiger partial charge in [0.1, 0.15) is 0 Å². The van der Waals surface area contributed by atoms with Crippen molar-refractivity contribution < 1.29 is 4.79 Å². The monoisotopic (exact) mass is 371 g/mol. The van der Waals surface area contributed by atoms with E-state index in [4.69, 9.17) is 4.98 Å². The van der Waals surface area contributed by atoms with E-state index < -0.39 is 0 Å². The van der Waals surface area contributed by atoms with Gasteiger partial charge in [0.25, 0.3) is 5.91 Å². The molecular formula is C19H25N5OS. The smallest absolute Gasteiger partial charge is 0.280 e. The lowest BCUT2D eigenvalue weighted by Gasteiger charge is -2.21. The van der Waals surface area contributed by atoms with Crippen LogP contribution in [0.2, 0.25) is 0 Å². The maximum Gasteiger partial charge on any atom is 0.280 e. The molecule has 0 unspecified atom stereocenters. The molecule has 1 amide bonds. The molecule has 6 nitrogen and oxygen atoms in total. The Bertz CT molecular complexity index is 888. The molecule has 0 fully saturated rings. The van der Waals surface area contributed by atoms with Crippen LogP contribution in [-0.2, 0) is 6.54 Å². The third-order valence-electron chi connectivity index (χ3n) is 4.36. The highest BCUT2D eigenvalue weighted by Crippen LogP contribution is 2.33. The number of benzene rings is 1. The quantitative estimate of drug-likeness (QED) is 0.667. The van der Waals surface area contributed by atoms with E-state index in [0.717, 1.165) is 34.0 Å². The number of hydrogen-bond acceptors (Lipinski definition) is 5. The van der Waals surface area contributed by atoms with Crippen molar-refractivity contribution in [3.05, 3.63) is 41.2 Å². The number of rotatable bonds is 6. The Hall–Kier alpha value is -2.25. The predicted molar refractivity (Wildman–Crippen MR) is 107 cm³/mol. The molecule has 0 radical (unpaired) electrons. The Balaban J connectivity index is 2.01. The number of amides is 1. The van der Waals surface area contributed by atoms with Crippen LogP contribution < -0.4 is 4.90 Å². The fraction of sp³-hybridized carbons (Fsp3) is 0.421. The van der Waals surface area contributed by atoms with Gasteiger partial charge in [0.05, 0.1) is 10.2 Å². The SMILES string of the molecule is CCn1ccc(C(=O)N(CCN(C)C)c2nc3c(C)ccc(C)c3s2)n1. The van der Waals surface area contributed by atoms with Gasteiger partial charge in [-0.25, -0.2) is 4.98 Å². The number of anilines is 1. The first kappa shape index (κ1) is 18.5. The zero-order chi connectivity index (χ0) is 18.8. The van der Waals surface area contributed by atoms with Crippen LogP contribution in [0.5, 0.6) is 0 Å². The Kier molecular flexibility index (Phi) is 5.38. The number of hydrogen-bond donors (Lipinski definition) is 0. The van der Waals surface area contributed by atoms with E-state index in [1.165, 1.54) is 5.56 Å². The van der Waals surface area contributed by atoms with Crippen molar-refractivity contribution in [1.29, 1.82) is 0 Å². The van der Waals surface area contributed by atoms with E-state index in [0.29, 0.717) is 12.2 Å². The first-order valence-corrected chi connectivity index (χ1v) is 9.59. The van der Waals surface area contributed by atoms with E-state index in [1.54, 1.807) is 27.0 Å². The molecule has 138 valence electrons. The lowest BCUT2D eigenvalue weighted by molar-refractivity contribution is 0.0979. The summed E-state index contributed by atoms with van der Waals surface area (Å²) in [5.41, 5.74) is 3.75. The molecule has 0 spiro atoms. The normalized spacial score (nSPS) is 11.5. The fourth-order valence-electron chi connectivity index (χ4n) is 2.74. The zero-order valence-electron chi connectivity index (χ0n) is 16.0. The third-order valence-corrected chi connectivity index (χ3v) is 5.58. The van der Waals surface area contributed by atoms with Crippen LogP contribution in [0.4, 0.5) is 5.13 Å². The highest BCUT2D eigenvalue weighted by atomic mass is 32.1. The predicted octanol–water partition coefficient (Wildman–Crippen LogP) is 3.34. The lowest BCUT2D eigenvalue weighted by Crippen LogP contribution is -2.37. The van der Waals surface area contributed by atoms with Crippen molar-refractivity contribution in [2.45, 2.75) is 27.3 Å². The molecule has 0 aliphatic rings. The van der Waals surface area contributed by atoms with Crippen LogP contribution in [0.3, 0.4) is 0 Å². The minimum atomic E-state index is -0.103. The molecule has 7 heteroatoms. The van der Waals surface area contributed by atoms with E-state index in [9.17, 15) is 4.79 Å². The van der Waals surface area contributed by atoms with Crippen molar-refractivity contribution in [1.82, 2.24) is 19.7 Å². The fourth-order valence-corrected chi connectivity index (χ4v) is 3.87. The highest BCUT2D eigenvalue weighted by molar-refractivity contribution is 7.22. The van der Waals surface area contributed by atoms with Crippen molar-refractivity contribution in [3.8, 4) is 0 Å². The molecule has 0 saturated carbocycles. The molecule has 0 N–H and O–H groups in total. The number of aromatic nitrogens is 3. The third kappa shape index (κ3) is 3.64. The van der Waals surface area contributed by atoms with Gasteiger partial charge in [-0.05, 0) is 52.1 Å². The first-order chi connectivity index (χ1) is 12.4. The van der Waals surface area contributed by atoms with Crippen molar-refractivity contribution in [3.63, 3.8) is 0 Å². The molecule has 0 atom stereocenters. The number of carbonyl (C=O) groups excluding carboxylic acids is 1. The molecule has 0 saturated heterocycles. The zero-order valence-corrected chi connectivity index (χ0v) is 16.8. The molecule has 26 heavy (non-hydrogen) atoms. The largest absolute Gasteiger partial charge is 0.308 e. The number of fused-ring (bicyclic) bond motifs is 1. The van der Waals surface area contributed by atoms with E-state index in [2.05, 4.69) is 36.0 Å². The summed E-state index contributed by atoms with van der Waals surface area (Å²) >= 11 is 1.57. The van der Waals surface area contributed by atoms with Gasteiger partial charge in [0, 0.05) is 25.8 Å². The minimum Gasteiger partial charge on any atom is -0.308 e. The molecule has 3 aromatic rings. The van der Waals surface area contributed by atoms with Gasteiger partial charge >= 0.3 is 0 Å². The van der Waals surface area contributed by atoms with Crippen LogP contribution >= 0.6 is 11.3 Å². The van der Waals surface area contributed by atoms with Gasteiger partial charge in [-0.1, -0.05) is 23.5 Å². The number of aryl methyl sites for hydroxylation is 3. The van der Waals surface area contributed by atoms with Crippen LogP contribution in [0.25, 0.3) is 10.2 Å². The Labute approximate surface area is 158 Å². The van der Waals surface area contributed by atoms with Crippen molar-refractivity contribution in [2.24, 2.45) is 0 Å². The van der Waals surface area contributed by atoms with Crippen molar-refractivity contribution in [2.75, 3.05) is 32.1 Å². The van der Waals surface area contributed by atoms with Gasteiger partial charge in [0.2, 0.25) is 0 Å². The molecule has 1 aromatic carbocycles. The molecule has 2 heterocycles. The maximum absolute atomic E-state index is 13.1. The first-order valence-electron chi connectivity index (χ1n) is 8.77. The summed E-state index contributed by atoms with van der Waals surface area (Å²) in [5.74, 6) is -0.103. The lowest BCUT2D eigenvalue weighted by atomic mass is 10.1.